The number of carbonyl (C=O) groups is 1. The minimum absolute atomic E-state index is 0.0752. The molecule has 0 saturated carbocycles. The summed E-state index contributed by atoms with van der Waals surface area (Å²) in [5.41, 5.74) is 0.156. The molecule has 0 atom stereocenters. The zero-order valence-corrected chi connectivity index (χ0v) is 8.81. The molecule has 0 aliphatic rings. The van der Waals surface area contributed by atoms with E-state index in [0.717, 1.165) is 6.07 Å². The fraction of sp³-hybridized carbons (Fsp3) is 0.0909. The number of ether oxygens (including phenoxy) is 1. The van der Waals surface area contributed by atoms with Crippen LogP contribution in [0.2, 0.25) is 0 Å². The minimum atomic E-state index is -1.26. The van der Waals surface area contributed by atoms with Gasteiger partial charge in [-0.3, -0.25) is 0 Å². The van der Waals surface area contributed by atoms with Crippen molar-refractivity contribution in [1.29, 1.82) is 0 Å². The van der Waals surface area contributed by atoms with E-state index in [9.17, 15) is 9.18 Å². The van der Waals surface area contributed by atoms with Crippen LogP contribution in [0.1, 0.15) is 10.6 Å². The monoisotopic (exact) mass is 237 g/mol. The van der Waals surface area contributed by atoms with Gasteiger partial charge in [-0.1, -0.05) is 11.2 Å². The average Bonchev–Trinajstić information content (AvgIpc) is 2.77. The van der Waals surface area contributed by atoms with Crippen LogP contribution in [0.3, 0.4) is 0 Å². The number of hydrogen-bond acceptors (Lipinski definition) is 4. The van der Waals surface area contributed by atoms with Gasteiger partial charge in [0.2, 0.25) is 5.76 Å². The lowest BCUT2D eigenvalue weighted by atomic mass is 10.1. The first-order valence-corrected chi connectivity index (χ1v) is 4.66. The molecule has 17 heavy (non-hydrogen) atoms. The Labute approximate surface area is 95.4 Å². The highest BCUT2D eigenvalue weighted by atomic mass is 19.1. The van der Waals surface area contributed by atoms with Crippen molar-refractivity contribution in [3.05, 3.63) is 35.8 Å². The molecule has 0 saturated heterocycles. The second-order valence-electron chi connectivity index (χ2n) is 3.20. The van der Waals surface area contributed by atoms with E-state index in [4.69, 9.17) is 9.84 Å². The van der Waals surface area contributed by atoms with Crippen molar-refractivity contribution in [2.24, 2.45) is 0 Å². The number of nitrogens with zero attached hydrogens (tertiary/aromatic N) is 1. The molecule has 1 aromatic carbocycles. The molecule has 0 radical (unpaired) electrons. The molecule has 0 spiro atoms. The molecule has 1 heterocycles. The lowest BCUT2D eigenvalue weighted by Gasteiger charge is -2.05. The van der Waals surface area contributed by atoms with E-state index in [1.165, 1.54) is 19.2 Å². The summed E-state index contributed by atoms with van der Waals surface area (Å²) in [4.78, 5) is 10.6. The molecule has 0 aliphatic heterocycles. The molecule has 2 rings (SSSR count). The highest BCUT2D eigenvalue weighted by molar-refractivity contribution is 5.86. The first kappa shape index (κ1) is 11.1. The molecule has 0 aliphatic carbocycles. The lowest BCUT2D eigenvalue weighted by molar-refractivity contribution is 0.0652. The molecule has 1 N–H and O–H groups in total. The summed E-state index contributed by atoms with van der Waals surface area (Å²) in [6.45, 7) is 0. The van der Waals surface area contributed by atoms with Gasteiger partial charge in [-0.25, -0.2) is 9.18 Å². The molecule has 5 nitrogen and oxygen atoms in total. The summed E-state index contributed by atoms with van der Waals surface area (Å²) in [7, 11) is 1.39. The Kier molecular flexibility index (Phi) is 2.78. The summed E-state index contributed by atoms with van der Waals surface area (Å²) < 4.78 is 23.2. The summed E-state index contributed by atoms with van der Waals surface area (Å²) in [6, 6.07) is 5.40. The number of methoxy groups -OCH3 is 1. The predicted octanol–water partition coefficient (Wildman–Crippen LogP) is 2.19. The number of rotatable bonds is 3. The van der Waals surface area contributed by atoms with Crippen molar-refractivity contribution in [1.82, 2.24) is 5.16 Å². The van der Waals surface area contributed by atoms with Crippen LogP contribution in [0.25, 0.3) is 11.3 Å². The van der Waals surface area contributed by atoms with E-state index in [1.807, 2.05) is 0 Å². The quantitative estimate of drug-likeness (QED) is 0.885. The molecule has 2 aromatic rings. The highest BCUT2D eigenvalue weighted by Gasteiger charge is 2.18. The van der Waals surface area contributed by atoms with Gasteiger partial charge in [-0.2, -0.15) is 0 Å². The minimum Gasteiger partial charge on any atom is -0.496 e. The van der Waals surface area contributed by atoms with Crippen molar-refractivity contribution >= 4 is 5.97 Å². The predicted molar refractivity (Wildman–Crippen MR) is 55.4 cm³/mol. The maximum Gasteiger partial charge on any atom is 0.374 e. The average molecular weight is 237 g/mol. The molecular formula is C11H8FNO4. The third-order valence-electron chi connectivity index (χ3n) is 2.17. The molecule has 0 bridgehead atoms. The summed E-state index contributed by atoms with van der Waals surface area (Å²) in [6.07, 6.45) is 0. The Morgan fingerprint density at radius 1 is 1.53 bits per heavy atom. The third kappa shape index (κ3) is 1.96. The van der Waals surface area contributed by atoms with Crippen LogP contribution in [-0.2, 0) is 0 Å². The van der Waals surface area contributed by atoms with Crippen molar-refractivity contribution in [2.75, 3.05) is 7.11 Å². The molecule has 88 valence electrons. The Morgan fingerprint density at radius 2 is 2.29 bits per heavy atom. The Hall–Kier alpha value is -2.37. The van der Waals surface area contributed by atoms with Gasteiger partial charge in [0, 0.05) is 6.07 Å². The standard InChI is InChI=1S/C11H8FNO4/c1-16-8-4-2-3-6(12)10(8)7-5-9(11(14)15)17-13-7/h2-5H,1H3,(H,14,15). The maximum absolute atomic E-state index is 13.6. The van der Waals surface area contributed by atoms with Crippen LogP contribution in [0.15, 0.2) is 28.8 Å². The van der Waals surface area contributed by atoms with Crippen LogP contribution in [0.4, 0.5) is 4.39 Å². The number of carboxylic acid groups (broad SMARTS) is 1. The fourth-order valence-electron chi connectivity index (χ4n) is 1.42. The summed E-state index contributed by atoms with van der Waals surface area (Å²) in [5.74, 6) is -1.92. The molecule has 0 unspecified atom stereocenters. The number of carboxylic acids is 1. The van der Waals surface area contributed by atoms with Gasteiger partial charge >= 0.3 is 5.97 Å². The third-order valence-corrected chi connectivity index (χ3v) is 2.17. The molecule has 0 amide bonds. The molecule has 1 aromatic heterocycles. The Morgan fingerprint density at radius 3 is 2.88 bits per heavy atom. The van der Waals surface area contributed by atoms with E-state index >= 15 is 0 Å². The summed E-state index contributed by atoms with van der Waals surface area (Å²) >= 11 is 0. The van der Waals surface area contributed by atoms with E-state index in [0.29, 0.717) is 0 Å². The van der Waals surface area contributed by atoms with E-state index in [2.05, 4.69) is 9.68 Å². The van der Waals surface area contributed by atoms with Crippen LogP contribution < -0.4 is 4.74 Å². The van der Waals surface area contributed by atoms with Gasteiger partial charge in [0.1, 0.15) is 17.3 Å². The number of benzene rings is 1. The zero-order chi connectivity index (χ0) is 12.4. The normalized spacial score (nSPS) is 10.2. The smallest absolute Gasteiger partial charge is 0.374 e. The van der Waals surface area contributed by atoms with E-state index < -0.39 is 11.8 Å². The maximum atomic E-state index is 13.6. The van der Waals surface area contributed by atoms with Crippen molar-refractivity contribution in [3.63, 3.8) is 0 Å². The first-order chi connectivity index (χ1) is 8.13. The lowest BCUT2D eigenvalue weighted by Crippen LogP contribution is -1.93. The van der Waals surface area contributed by atoms with Gasteiger partial charge in [0.25, 0.3) is 0 Å². The van der Waals surface area contributed by atoms with Gasteiger partial charge in [0.05, 0.1) is 12.7 Å². The van der Waals surface area contributed by atoms with Crippen LogP contribution in [0, 0.1) is 5.82 Å². The van der Waals surface area contributed by atoms with Gasteiger partial charge in [0.15, 0.2) is 0 Å². The van der Waals surface area contributed by atoms with Crippen molar-refractivity contribution < 1.29 is 23.6 Å². The van der Waals surface area contributed by atoms with Gasteiger partial charge < -0.3 is 14.4 Å². The zero-order valence-electron chi connectivity index (χ0n) is 8.81. The highest BCUT2D eigenvalue weighted by Crippen LogP contribution is 2.31. The molecular weight excluding hydrogens is 229 g/mol. The molecule has 6 heteroatoms. The Balaban J connectivity index is 2.55. The van der Waals surface area contributed by atoms with Crippen molar-refractivity contribution in [2.45, 2.75) is 0 Å². The number of hydrogen-bond donors (Lipinski definition) is 1. The second-order valence-corrected chi connectivity index (χ2v) is 3.20. The SMILES string of the molecule is COc1cccc(F)c1-c1cc(C(=O)O)on1. The van der Waals surface area contributed by atoms with E-state index in [-0.39, 0.29) is 22.8 Å². The first-order valence-electron chi connectivity index (χ1n) is 4.66. The molecule has 0 fully saturated rings. The van der Waals surface area contributed by atoms with Crippen LogP contribution in [-0.4, -0.2) is 23.3 Å². The topological polar surface area (TPSA) is 72.6 Å². The largest absolute Gasteiger partial charge is 0.496 e. The van der Waals surface area contributed by atoms with Crippen molar-refractivity contribution in [3.8, 4) is 17.0 Å². The van der Waals surface area contributed by atoms with E-state index in [1.54, 1.807) is 6.07 Å². The number of aromatic carboxylic acids is 1. The number of aromatic nitrogens is 1. The Bertz CT molecular complexity index is 564. The van der Waals surface area contributed by atoms with Crippen LogP contribution >= 0.6 is 0 Å². The van der Waals surface area contributed by atoms with Gasteiger partial charge in [-0.05, 0) is 12.1 Å². The van der Waals surface area contributed by atoms with Gasteiger partial charge in [-0.15, -0.1) is 0 Å². The fourth-order valence-corrected chi connectivity index (χ4v) is 1.42. The number of halogens is 1. The summed E-state index contributed by atoms with van der Waals surface area (Å²) in [5, 5.41) is 12.2. The second kappa shape index (κ2) is 4.25. The van der Waals surface area contributed by atoms with Crippen LogP contribution in [0.5, 0.6) is 5.75 Å².